The van der Waals surface area contributed by atoms with Gasteiger partial charge in [-0.15, -0.1) is 0 Å². The fourth-order valence-electron chi connectivity index (χ4n) is 2.15. The van der Waals surface area contributed by atoms with E-state index < -0.39 is 26.3 Å². The summed E-state index contributed by atoms with van der Waals surface area (Å²) in [6, 6.07) is 2.45. The number of nitrogens with one attached hydrogen (secondary N) is 1. The zero-order valence-electron chi connectivity index (χ0n) is 10.5. The van der Waals surface area contributed by atoms with Crippen molar-refractivity contribution in [3.63, 3.8) is 0 Å². The number of sulfonamides is 1. The molecular weight excluding hydrogens is 291 g/mol. The summed E-state index contributed by atoms with van der Waals surface area (Å²) in [5, 5.41) is 0.154. The lowest BCUT2D eigenvalue weighted by Gasteiger charge is -2.38. The smallest absolute Gasteiger partial charge is 0.244 e. The maximum Gasteiger partial charge on any atom is 0.244 e. The monoisotopic (exact) mass is 306 g/mol. The molecular formula is C12H16ClFN2O2S. The van der Waals surface area contributed by atoms with Gasteiger partial charge in [0.05, 0.1) is 0 Å². The van der Waals surface area contributed by atoms with E-state index in [4.69, 9.17) is 17.3 Å². The highest BCUT2D eigenvalue weighted by molar-refractivity contribution is 7.89. The average molecular weight is 307 g/mol. The first kappa shape index (κ1) is 14.7. The van der Waals surface area contributed by atoms with E-state index in [9.17, 15) is 12.8 Å². The molecule has 0 atom stereocenters. The molecule has 0 radical (unpaired) electrons. The van der Waals surface area contributed by atoms with Crippen molar-refractivity contribution in [3.8, 4) is 0 Å². The summed E-state index contributed by atoms with van der Waals surface area (Å²) in [4.78, 5) is -0.437. The highest BCUT2D eigenvalue weighted by Crippen LogP contribution is 2.33. The minimum absolute atomic E-state index is 0.0895. The minimum atomic E-state index is -3.93. The van der Waals surface area contributed by atoms with Crippen molar-refractivity contribution >= 4 is 21.6 Å². The van der Waals surface area contributed by atoms with E-state index in [-0.39, 0.29) is 17.1 Å². The molecule has 1 fully saturated rings. The maximum atomic E-state index is 14.1. The molecule has 19 heavy (non-hydrogen) atoms. The van der Waals surface area contributed by atoms with Crippen molar-refractivity contribution in [2.45, 2.75) is 43.2 Å². The molecule has 3 N–H and O–H groups in total. The number of rotatable bonds is 4. The molecule has 2 rings (SSSR count). The molecule has 0 spiro atoms. The summed E-state index contributed by atoms with van der Waals surface area (Å²) in [6.45, 7) is 1.70. The van der Waals surface area contributed by atoms with Crippen LogP contribution in [-0.2, 0) is 16.6 Å². The normalized spacial score (nSPS) is 18.1. The topological polar surface area (TPSA) is 72.2 Å². The molecule has 0 saturated heterocycles. The van der Waals surface area contributed by atoms with E-state index >= 15 is 0 Å². The van der Waals surface area contributed by atoms with Crippen LogP contribution in [0.2, 0.25) is 5.02 Å². The summed E-state index contributed by atoms with van der Waals surface area (Å²) in [5.74, 6) is -0.831. The molecule has 1 aromatic rings. The third kappa shape index (κ3) is 2.91. The van der Waals surface area contributed by atoms with Crippen LogP contribution in [0.25, 0.3) is 0 Å². The lowest BCUT2D eigenvalue weighted by molar-refractivity contribution is 0.247. The van der Waals surface area contributed by atoms with Crippen LogP contribution in [0.15, 0.2) is 17.0 Å². The van der Waals surface area contributed by atoms with Crippen LogP contribution in [0.3, 0.4) is 0 Å². The third-order valence-electron chi connectivity index (χ3n) is 3.43. The third-order valence-corrected chi connectivity index (χ3v) is 5.28. The Labute approximate surface area is 117 Å². The SMILES string of the molecule is CC1(NS(=O)(=O)c2cc(Cl)cc(CN)c2F)CCC1. The number of benzene rings is 1. The predicted molar refractivity (Wildman–Crippen MR) is 71.9 cm³/mol. The van der Waals surface area contributed by atoms with Crippen LogP contribution in [-0.4, -0.2) is 14.0 Å². The Balaban J connectivity index is 2.42. The van der Waals surface area contributed by atoms with Crippen LogP contribution in [0.1, 0.15) is 31.7 Å². The van der Waals surface area contributed by atoms with Gasteiger partial charge in [0.15, 0.2) is 0 Å². The van der Waals surface area contributed by atoms with Gasteiger partial charge in [-0.2, -0.15) is 0 Å². The van der Waals surface area contributed by atoms with Crippen LogP contribution in [0.4, 0.5) is 4.39 Å². The Bertz CT molecular complexity index is 600. The Morgan fingerprint density at radius 1 is 1.47 bits per heavy atom. The van der Waals surface area contributed by atoms with Crippen molar-refractivity contribution in [2.75, 3.05) is 0 Å². The van der Waals surface area contributed by atoms with Gasteiger partial charge in [0.25, 0.3) is 0 Å². The number of halogens is 2. The van der Waals surface area contributed by atoms with Gasteiger partial charge in [0, 0.05) is 22.7 Å². The molecule has 7 heteroatoms. The summed E-state index contributed by atoms with van der Waals surface area (Å²) >= 11 is 5.81. The van der Waals surface area contributed by atoms with E-state index in [2.05, 4.69) is 4.72 Å². The Kier molecular flexibility index (Phi) is 3.88. The van der Waals surface area contributed by atoms with Crippen molar-refractivity contribution < 1.29 is 12.8 Å². The average Bonchev–Trinajstić information content (AvgIpc) is 2.29. The fourth-order valence-corrected chi connectivity index (χ4v) is 4.07. The molecule has 1 aliphatic rings. The van der Waals surface area contributed by atoms with E-state index in [1.807, 2.05) is 0 Å². The number of hydrogen-bond acceptors (Lipinski definition) is 3. The molecule has 106 valence electrons. The molecule has 0 aromatic heterocycles. The molecule has 0 amide bonds. The molecule has 1 aliphatic carbocycles. The van der Waals surface area contributed by atoms with Crippen LogP contribution >= 0.6 is 11.6 Å². The maximum absolute atomic E-state index is 14.1. The van der Waals surface area contributed by atoms with Gasteiger partial charge in [-0.05, 0) is 38.3 Å². The van der Waals surface area contributed by atoms with E-state index in [0.717, 1.165) is 25.3 Å². The lowest BCUT2D eigenvalue weighted by Crippen LogP contribution is -2.50. The van der Waals surface area contributed by atoms with Gasteiger partial charge in [0.1, 0.15) is 10.7 Å². The molecule has 4 nitrogen and oxygen atoms in total. The second-order valence-electron chi connectivity index (χ2n) is 5.10. The van der Waals surface area contributed by atoms with Crippen LogP contribution < -0.4 is 10.5 Å². The van der Waals surface area contributed by atoms with Gasteiger partial charge < -0.3 is 5.73 Å². The first-order chi connectivity index (χ1) is 8.77. The second-order valence-corrected chi connectivity index (χ2v) is 7.19. The van der Waals surface area contributed by atoms with Crippen molar-refractivity contribution in [3.05, 3.63) is 28.5 Å². The van der Waals surface area contributed by atoms with Gasteiger partial charge >= 0.3 is 0 Å². The second kappa shape index (κ2) is 5.01. The van der Waals surface area contributed by atoms with E-state index in [1.54, 1.807) is 6.92 Å². The molecule has 1 saturated carbocycles. The molecule has 0 heterocycles. The Hall–Kier alpha value is -0.690. The molecule has 0 aliphatic heterocycles. The first-order valence-electron chi connectivity index (χ1n) is 5.99. The fraction of sp³-hybridized carbons (Fsp3) is 0.500. The Morgan fingerprint density at radius 3 is 2.58 bits per heavy atom. The van der Waals surface area contributed by atoms with Crippen molar-refractivity contribution in [1.82, 2.24) is 4.72 Å². The summed E-state index contributed by atoms with van der Waals surface area (Å²) in [6.07, 6.45) is 2.46. The van der Waals surface area contributed by atoms with Gasteiger partial charge in [-0.25, -0.2) is 17.5 Å². The number of nitrogens with two attached hydrogens (primary N) is 1. The standard InChI is InChI=1S/C12H16ClFN2O2S/c1-12(3-2-4-12)16-19(17,18)10-6-9(13)5-8(7-15)11(10)14/h5-6,16H,2-4,7,15H2,1H3. The molecule has 0 unspecified atom stereocenters. The number of hydrogen-bond donors (Lipinski definition) is 2. The zero-order chi connectivity index (χ0) is 14.3. The van der Waals surface area contributed by atoms with Crippen LogP contribution in [0.5, 0.6) is 0 Å². The summed E-state index contributed by atoms with van der Waals surface area (Å²) in [5.41, 5.74) is 4.98. The molecule has 1 aromatic carbocycles. The highest BCUT2D eigenvalue weighted by Gasteiger charge is 2.37. The van der Waals surface area contributed by atoms with Gasteiger partial charge in [0.2, 0.25) is 10.0 Å². The van der Waals surface area contributed by atoms with Crippen molar-refractivity contribution in [2.24, 2.45) is 5.73 Å². The lowest BCUT2D eigenvalue weighted by atomic mass is 9.80. The van der Waals surface area contributed by atoms with E-state index in [0.29, 0.717) is 0 Å². The predicted octanol–water partition coefficient (Wildman–Crippen LogP) is 2.16. The first-order valence-corrected chi connectivity index (χ1v) is 7.85. The minimum Gasteiger partial charge on any atom is -0.326 e. The summed E-state index contributed by atoms with van der Waals surface area (Å²) in [7, 11) is -3.93. The van der Waals surface area contributed by atoms with Crippen molar-refractivity contribution in [1.29, 1.82) is 0 Å². The molecule has 0 bridgehead atoms. The van der Waals surface area contributed by atoms with Gasteiger partial charge in [-0.3, -0.25) is 0 Å². The largest absolute Gasteiger partial charge is 0.326 e. The zero-order valence-corrected chi connectivity index (χ0v) is 12.1. The van der Waals surface area contributed by atoms with Crippen LogP contribution in [0, 0.1) is 5.82 Å². The van der Waals surface area contributed by atoms with E-state index in [1.165, 1.54) is 6.07 Å². The highest BCUT2D eigenvalue weighted by atomic mass is 35.5. The summed E-state index contributed by atoms with van der Waals surface area (Å²) < 4.78 is 41.1. The Morgan fingerprint density at radius 2 is 2.11 bits per heavy atom. The van der Waals surface area contributed by atoms with Gasteiger partial charge in [-0.1, -0.05) is 11.6 Å². The quantitative estimate of drug-likeness (QED) is 0.895.